The van der Waals surface area contributed by atoms with E-state index < -0.39 is 29.1 Å². The van der Waals surface area contributed by atoms with Crippen molar-refractivity contribution < 1.29 is 24.2 Å². The van der Waals surface area contributed by atoms with Gasteiger partial charge in [-0.25, -0.2) is 4.68 Å². The van der Waals surface area contributed by atoms with Gasteiger partial charge in [0.1, 0.15) is 23.8 Å². The predicted molar refractivity (Wildman–Crippen MR) is 138 cm³/mol. The maximum atomic E-state index is 14.0. The summed E-state index contributed by atoms with van der Waals surface area (Å²) in [5.74, 6) is -1.99. The van der Waals surface area contributed by atoms with Crippen LogP contribution in [-0.2, 0) is 25.8 Å². The topological polar surface area (TPSA) is 139 Å². The van der Waals surface area contributed by atoms with Gasteiger partial charge in [-0.1, -0.05) is 31.2 Å². The van der Waals surface area contributed by atoms with Gasteiger partial charge in [0.25, 0.3) is 0 Å². The van der Waals surface area contributed by atoms with Crippen LogP contribution in [0.25, 0.3) is 11.0 Å². The van der Waals surface area contributed by atoms with Crippen LogP contribution in [0.15, 0.2) is 24.3 Å². The fourth-order valence-corrected chi connectivity index (χ4v) is 6.87. The summed E-state index contributed by atoms with van der Waals surface area (Å²) < 4.78 is 8.36. The molecule has 2 unspecified atom stereocenters. The average Bonchev–Trinajstić information content (AvgIpc) is 3.65. The third-order valence-corrected chi connectivity index (χ3v) is 8.64. The van der Waals surface area contributed by atoms with Crippen LogP contribution < -0.4 is 10.6 Å². The van der Waals surface area contributed by atoms with E-state index in [2.05, 4.69) is 20.9 Å². The predicted octanol–water partition coefficient (Wildman–Crippen LogP) is 1.35. The molecule has 0 radical (unpaired) electrons. The van der Waals surface area contributed by atoms with Crippen LogP contribution >= 0.6 is 0 Å². The van der Waals surface area contributed by atoms with Gasteiger partial charge in [0.15, 0.2) is 0 Å². The Balaban J connectivity index is 1.44. The Morgan fingerprint density at radius 3 is 2.71 bits per heavy atom. The molecule has 11 nitrogen and oxygen atoms in total. The summed E-state index contributed by atoms with van der Waals surface area (Å²) in [6.07, 6.45) is 4.58. The van der Waals surface area contributed by atoms with Crippen molar-refractivity contribution in [1.29, 1.82) is 0 Å². The van der Waals surface area contributed by atoms with E-state index in [4.69, 9.17) is 4.74 Å². The van der Waals surface area contributed by atoms with E-state index >= 15 is 0 Å². The summed E-state index contributed by atoms with van der Waals surface area (Å²) in [5.41, 5.74) is -0.275. The first kappa shape index (κ1) is 26.6. The Hall–Kier alpha value is -3.05. The number of fused-ring (bicyclic) bond motifs is 2. The molecule has 2 bridgehead atoms. The van der Waals surface area contributed by atoms with Crippen molar-refractivity contribution in [3.63, 3.8) is 0 Å². The van der Waals surface area contributed by atoms with Crippen molar-refractivity contribution in [2.45, 2.75) is 82.7 Å². The number of unbranched alkanes of at least 4 members (excludes halogenated alkanes) is 2. The molecule has 5 atom stereocenters. The van der Waals surface area contributed by atoms with Crippen LogP contribution in [0.4, 0.5) is 0 Å². The maximum Gasteiger partial charge on any atom is 0.247 e. The van der Waals surface area contributed by atoms with E-state index in [9.17, 15) is 19.5 Å². The van der Waals surface area contributed by atoms with Crippen LogP contribution in [-0.4, -0.2) is 79.7 Å². The van der Waals surface area contributed by atoms with Gasteiger partial charge >= 0.3 is 0 Å². The molecule has 0 saturated carbocycles. The smallest absolute Gasteiger partial charge is 0.247 e. The SMILES string of the molecule is CCCNC(=O)[C@@H]1[C@H]2C(=O)N(CCCCCO)C(C(=O)NCn3nnc4ccccc43)C23CC[C@@]1(CC)O3. The number of nitrogens with one attached hydrogen (secondary N) is 2. The minimum atomic E-state index is -1.05. The quantitative estimate of drug-likeness (QED) is 0.355. The summed E-state index contributed by atoms with van der Waals surface area (Å²) in [6.45, 7) is 5.06. The molecule has 3 aliphatic heterocycles. The number of para-hydroxylation sites is 1. The zero-order chi connectivity index (χ0) is 26.9. The Labute approximate surface area is 222 Å². The first-order chi connectivity index (χ1) is 18.4. The van der Waals surface area contributed by atoms with Crippen LogP contribution in [0.2, 0.25) is 0 Å². The molecule has 0 aliphatic carbocycles. The lowest BCUT2D eigenvalue weighted by Gasteiger charge is -2.34. The van der Waals surface area contributed by atoms with Gasteiger partial charge in [-0.2, -0.15) is 0 Å². The Bertz CT molecular complexity index is 1200. The van der Waals surface area contributed by atoms with Crippen molar-refractivity contribution in [2.75, 3.05) is 19.7 Å². The minimum Gasteiger partial charge on any atom is -0.396 e. The molecule has 11 heteroatoms. The standard InChI is InChI=1S/C27H38N6O5/c1-3-14-28-23(35)20-21-25(37)32(15-8-5-9-16-34)22(27(21)13-12-26(20,4-2)38-27)24(36)29-17-33-19-11-7-6-10-18(19)30-31-33/h6-7,10-11,20-22,34H,3-5,8-9,12-17H2,1-2H3,(H,28,35)(H,29,36)/t20-,21-,22?,26+,27?/m0/s1. The highest BCUT2D eigenvalue weighted by molar-refractivity contribution is 5.99. The van der Waals surface area contributed by atoms with Crippen LogP contribution in [0.3, 0.4) is 0 Å². The fraction of sp³-hybridized carbons (Fsp3) is 0.667. The zero-order valence-electron chi connectivity index (χ0n) is 22.2. The number of aliphatic hydroxyl groups is 1. The van der Waals surface area contributed by atoms with E-state index in [0.29, 0.717) is 45.2 Å². The largest absolute Gasteiger partial charge is 0.396 e. The molecule has 3 fully saturated rings. The van der Waals surface area contributed by atoms with Gasteiger partial charge in [0, 0.05) is 19.7 Å². The number of benzene rings is 1. The van der Waals surface area contributed by atoms with Crippen LogP contribution in [0.1, 0.15) is 58.8 Å². The van der Waals surface area contributed by atoms with Gasteiger partial charge < -0.3 is 25.4 Å². The molecule has 3 amide bonds. The molecule has 2 aromatic rings. The molecular formula is C27H38N6O5. The molecule has 206 valence electrons. The number of carbonyl (C=O) groups excluding carboxylic acids is 3. The molecule has 1 aromatic heterocycles. The number of ether oxygens (including phenoxy) is 1. The van der Waals surface area contributed by atoms with Crippen molar-refractivity contribution in [3.8, 4) is 0 Å². The Kier molecular flexibility index (Phi) is 7.41. The van der Waals surface area contributed by atoms with Crippen molar-refractivity contribution in [2.24, 2.45) is 11.8 Å². The number of amides is 3. The molecule has 1 spiro atoms. The Morgan fingerprint density at radius 2 is 1.95 bits per heavy atom. The first-order valence-electron chi connectivity index (χ1n) is 13.9. The lowest BCUT2D eigenvalue weighted by atomic mass is 9.65. The first-order valence-corrected chi connectivity index (χ1v) is 13.9. The van der Waals surface area contributed by atoms with E-state index in [0.717, 1.165) is 23.9 Å². The number of carbonyl (C=O) groups is 3. The molecule has 4 heterocycles. The lowest BCUT2D eigenvalue weighted by Crippen LogP contribution is -2.55. The van der Waals surface area contributed by atoms with Gasteiger partial charge in [0.05, 0.1) is 23.0 Å². The second-order valence-electron chi connectivity index (χ2n) is 10.7. The lowest BCUT2D eigenvalue weighted by molar-refractivity contribution is -0.148. The van der Waals surface area contributed by atoms with Gasteiger partial charge in [0.2, 0.25) is 17.7 Å². The van der Waals surface area contributed by atoms with Gasteiger partial charge in [-0.15, -0.1) is 5.10 Å². The molecule has 3 saturated heterocycles. The number of nitrogens with zero attached hydrogens (tertiary/aromatic N) is 4. The summed E-state index contributed by atoms with van der Waals surface area (Å²) >= 11 is 0. The van der Waals surface area contributed by atoms with E-state index in [1.54, 1.807) is 9.58 Å². The van der Waals surface area contributed by atoms with Crippen LogP contribution in [0.5, 0.6) is 0 Å². The third kappa shape index (κ3) is 4.16. The number of hydrogen-bond donors (Lipinski definition) is 3. The molecular weight excluding hydrogens is 488 g/mol. The number of hydrogen-bond acceptors (Lipinski definition) is 7. The highest BCUT2D eigenvalue weighted by atomic mass is 16.5. The molecule has 3 N–H and O–H groups in total. The van der Waals surface area contributed by atoms with Gasteiger partial charge in [-0.05, 0) is 57.1 Å². The molecule has 5 rings (SSSR count). The number of rotatable bonds is 12. The third-order valence-electron chi connectivity index (χ3n) is 8.64. The van der Waals surface area contributed by atoms with E-state index in [1.165, 1.54) is 0 Å². The highest BCUT2D eigenvalue weighted by Gasteiger charge is 2.78. The minimum absolute atomic E-state index is 0.0814. The number of aliphatic hydroxyl groups excluding tert-OH is 1. The molecule has 3 aliphatic rings. The summed E-state index contributed by atoms with van der Waals surface area (Å²) in [6, 6.07) is 6.65. The van der Waals surface area contributed by atoms with Crippen molar-refractivity contribution in [1.82, 2.24) is 30.5 Å². The van der Waals surface area contributed by atoms with E-state index in [1.807, 2.05) is 38.1 Å². The second-order valence-corrected chi connectivity index (χ2v) is 10.7. The Morgan fingerprint density at radius 1 is 1.13 bits per heavy atom. The maximum absolute atomic E-state index is 14.0. The van der Waals surface area contributed by atoms with Crippen molar-refractivity contribution >= 4 is 28.8 Å². The second kappa shape index (κ2) is 10.6. The number of likely N-dealkylation sites (tertiary alicyclic amines) is 1. The zero-order valence-corrected chi connectivity index (χ0v) is 22.2. The number of aromatic nitrogens is 3. The summed E-state index contributed by atoms with van der Waals surface area (Å²) in [7, 11) is 0. The normalized spacial score (nSPS) is 29.7. The molecule has 38 heavy (non-hydrogen) atoms. The van der Waals surface area contributed by atoms with E-state index in [-0.39, 0.29) is 31.0 Å². The highest BCUT2D eigenvalue weighted by Crippen LogP contribution is 2.64. The molecule has 1 aromatic carbocycles. The van der Waals surface area contributed by atoms with Gasteiger partial charge in [-0.3, -0.25) is 14.4 Å². The monoisotopic (exact) mass is 526 g/mol. The average molecular weight is 527 g/mol. The summed E-state index contributed by atoms with van der Waals surface area (Å²) in [5, 5.41) is 23.5. The summed E-state index contributed by atoms with van der Waals surface area (Å²) in [4.78, 5) is 43.0. The fourth-order valence-electron chi connectivity index (χ4n) is 6.87. The van der Waals surface area contributed by atoms with Crippen LogP contribution in [0, 0.1) is 11.8 Å². The van der Waals surface area contributed by atoms with Crippen molar-refractivity contribution in [3.05, 3.63) is 24.3 Å².